The Balaban J connectivity index is 2.16. The summed E-state index contributed by atoms with van der Waals surface area (Å²) in [5, 5.41) is 10.3. The summed E-state index contributed by atoms with van der Waals surface area (Å²) in [6.45, 7) is 0. The summed E-state index contributed by atoms with van der Waals surface area (Å²) in [5.41, 5.74) is 1.69. The van der Waals surface area contributed by atoms with Gasteiger partial charge in [-0.15, -0.1) is 0 Å². The monoisotopic (exact) mass is 309 g/mol. The molecular formula is C15H13Cl2NO2. The third kappa shape index (κ3) is 3.95. The number of nitrogens with zero attached hydrogens (tertiary/aromatic N) is 1. The summed E-state index contributed by atoms with van der Waals surface area (Å²) in [4.78, 5) is 15.3. The van der Waals surface area contributed by atoms with Crippen LogP contribution in [0.5, 0.6) is 0 Å². The first kappa shape index (κ1) is 14.8. The van der Waals surface area contributed by atoms with Crippen molar-refractivity contribution in [3.63, 3.8) is 0 Å². The van der Waals surface area contributed by atoms with Crippen LogP contribution in [-0.4, -0.2) is 16.1 Å². The van der Waals surface area contributed by atoms with E-state index in [0.717, 1.165) is 11.1 Å². The topological polar surface area (TPSA) is 50.2 Å². The molecule has 0 aliphatic rings. The molecule has 0 amide bonds. The maximum Gasteiger partial charge on any atom is 0.307 e. The highest BCUT2D eigenvalue weighted by molar-refractivity contribution is 6.31. The van der Waals surface area contributed by atoms with Gasteiger partial charge in [-0.1, -0.05) is 41.4 Å². The number of benzene rings is 1. The molecule has 3 nitrogen and oxygen atoms in total. The molecule has 1 heterocycles. The van der Waals surface area contributed by atoms with Crippen molar-refractivity contribution in [3.8, 4) is 0 Å². The van der Waals surface area contributed by atoms with Crippen LogP contribution in [0.3, 0.4) is 0 Å². The summed E-state index contributed by atoms with van der Waals surface area (Å²) < 4.78 is 0. The fraction of sp³-hybridized carbons (Fsp3) is 0.200. The Kier molecular flexibility index (Phi) is 4.99. The maximum atomic E-state index is 11.4. The molecule has 0 fully saturated rings. The Hall–Kier alpha value is -1.58. The van der Waals surface area contributed by atoms with Crippen molar-refractivity contribution in [2.45, 2.75) is 12.8 Å². The van der Waals surface area contributed by atoms with Crippen molar-refractivity contribution in [2.75, 3.05) is 0 Å². The molecule has 1 unspecified atom stereocenters. The van der Waals surface area contributed by atoms with E-state index in [9.17, 15) is 9.90 Å². The molecule has 0 radical (unpaired) electrons. The summed E-state index contributed by atoms with van der Waals surface area (Å²) >= 11 is 11.9. The number of carboxylic acids is 1. The molecule has 0 aliphatic carbocycles. The van der Waals surface area contributed by atoms with E-state index < -0.39 is 11.9 Å². The highest BCUT2D eigenvalue weighted by Crippen LogP contribution is 2.22. The van der Waals surface area contributed by atoms with E-state index in [2.05, 4.69) is 4.98 Å². The molecule has 1 aromatic heterocycles. The highest BCUT2D eigenvalue weighted by Gasteiger charge is 2.20. The second-order valence-electron chi connectivity index (χ2n) is 4.52. The second kappa shape index (κ2) is 6.73. The molecule has 0 bridgehead atoms. The molecule has 1 N–H and O–H groups in total. The van der Waals surface area contributed by atoms with Crippen molar-refractivity contribution in [2.24, 2.45) is 5.92 Å². The minimum absolute atomic E-state index is 0.365. The molecule has 1 aromatic carbocycles. The Bertz CT molecular complexity index is 616. The number of carbonyl (C=O) groups is 1. The van der Waals surface area contributed by atoms with Crippen LogP contribution in [0, 0.1) is 5.92 Å². The molecule has 1 atom stereocenters. The van der Waals surface area contributed by atoms with Gasteiger partial charge in [0.15, 0.2) is 0 Å². The predicted octanol–water partition coefficient (Wildman–Crippen LogP) is 3.87. The van der Waals surface area contributed by atoms with Crippen molar-refractivity contribution >= 4 is 29.2 Å². The Morgan fingerprint density at radius 3 is 2.60 bits per heavy atom. The van der Waals surface area contributed by atoms with Gasteiger partial charge in [0, 0.05) is 11.2 Å². The number of aliphatic carboxylic acids is 1. The number of carboxylic acid groups (broad SMARTS) is 1. The molecule has 0 aliphatic heterocycles. The van der Waals surface area contributed by atoms with Gasteiger partial charge >= 0.3 is 5.97 Å². The van der Waals surface area contributed by atoms with Gasteiger partial charge in [-0.2, -0.15) is 0 Å². The molecule has 0 saturated heterocycles. The molecular weight excluding hydrogens is 297 g/mol. The van der Waals surface area contributed by atoms with Crippen LogP contribution in [0.15, 0.2) is 42.6 Å². The number of hydrogen-bond acceptors (Lipinski definition) is 2. The molecule has 5 heteroatoms. The van der Waals surface area contributed by atoms with Crippen LogP contribution in [0.2, 0.25) is 10.2 Å². The molecule has 104 valence electrons. The van der Waals surface area contributed by atoms with Gasteiger partial charge in [-0.3, -0.25) is 4.79 Å². The number of aromatic nitrogens is 1. The zero-order chi connectivity index (χ0) is 14.5. The quantitative estimate of drug-likeness (QED) is 0.853. The van der Waals surface area contributed by atoms with E-state index in [-0.39, 0.29) is 0 Å². The van der Waals surface area contributed by atoms with Gasteiger partial charge in [0.05, 0.1) is 5.92 Å². The van der Waals surface area contributed by atoms with E-state index in [1.807, 2.05) is 18.2 Å². The minimum atomic E-state index is -0.849. The third-order valence-corrected chi connectivity index (χ3v) is 3.62. The van der Waals surface area contributed by atoms with Crippen LogP contribution in [0.1, 0.15) is 11.1 Å². The number of halogens is 2. The second-order valence-corrected chi connectivity index (χ2v) is 5.32. The van der Waals surface area contributed by atoms with Gasteiger partial charge in [-0.05, 0) is 42.2 Å². The Labute approximate surface area is 127 Å². The maximum absolute atomic E-state index is 11.4. The SMILES string of the molecule is O=C(O)C(Cc1ccnc(Cl)c1)Cc1ccccc1Cl. The standard InChI is InChI=1S/C15H13Cl2NO2/c16-13-4-2-1-3-11(13)9-12(15(19)20)7-10-5-6-18-14(17)8-10/h1-6,8,12H,7,9H2,(H,19,20). The van der Waals surface area contributed by atoms with Crippen LogP contribution in [-0.2, 0) is 17.6 Å². The summed E-state index contributed by atoms with van der Waals surface area (Å²) in [5.74, 6) is -1.40. The average molecular weight is 310 g/mol. The largest absolute Gasteiger partial charge is 0.481 e. The molecule has 0 spiro atoms. The first-order valence-electron chi connectivity index (χ1n) is 6.13. The predicted molar refractivity (Wildman–Crippen MR) is 79.2 cm³/mol. The fourth-order valence-electron chi connectivity index (χ4n) is 2.03. The van der Waals surface area contributed by atoms with E-state index in [1.165, 1.54) is 0 Å². The summed E-state index contributed by atoms with van der Waals surface area (Å²) in [7, 11) is 0. The first-order valence-corrected chi connectivity index (χ1v) is 6.88. The number of pyridine rings is 1. The van der Waals surface area contributed by atoms with Gasteiger partial charge in [-0.25, -0.2) is 4.98 Å². The molecule has 0 saturated carbocycles. The Morgan fingerprint density at radius 2 is 1.95 bits per heavy atom. The smallest absolute Gasteiger partial charge is 0.307 e. The van der Waals surface area contributed by atoms with Gasteiger partial charge in [0.1, 0.15) is 5.15 Å². The summed E-state index contributed by atoms with van der Waals surface area (Å²) in [6, 6.07) is 10.7. The first-order chi connectivity index (χ1) is 9.56. The average Bonchev–Trinajstić information content (AvgIpc) is 2.40. The van der Waals surface area contributed by atoms with Crippen molar-refractivity contribution in [3.05, 3.63) is 63.9 Å². The number of rotatable bonds is 5. The fourth-order valence-corrected chi connectivity index (χ4v) is 2.44. The summed E-state index contributed by atoms with van der Waals surface area (Å²) in [6.07, 6.45) is 2.35. The lowest BCUT2D eigenvalue weighted by atomic mass is 9.93. The molecule has 2 aromatic rings. The van der Waals surface area contributed by atoms with E-state index in [1.54, 1.807) is 24.4 Å². The third-order valence-electron chi connectivity index (χ3n) is 3.05. The lowest BCUT2D eigenvalue weighted by Crippen LogP contribution is -2.19. The lowest BCUT2D eigenvalue weighted by molar-refractivity contribution is -0.141. The molecule has 20 heavy (non-hydrogen) atoms. The van der Waals surface area contributed by atoms with Gasteiger partial charge in [0.25, 0.3) is 0 Å². The van der Waals surface area contributed by atoms with E-state index in [4.69, 9.17) is 23.2 Å². The minimum Gasteiger partial charge on any atom is -0.481 e. The van der Waals surface area contributed by atoms with Crippen LogP contribution in [0.4, 0.5) is 0 Å². The van der Waals surface area contributed by atoms with Crippen molar-refractivity contribution < 1.29 is 9.90 Å². The van der Waals surface area contributed by atoms with Crippen LogP contribution < -0.4 is 0 Å². The zero-order valence-electron chi connectivity index (χ0n) is 10.6. The van der Waals surface area contributed by atoms with Crippen molar-refractivity contribution in [1.82, 2.24) is 4.98 Å². The highest BCUT2D eigenvalue weighted by atomic mass is 35.5. The zero-order valence-corrected chi connectivity index (χ0v) is 12.1. The lowest BCUT2D eigenvalue weighted by Gasteiger charge is -2.13. The van der Waals surface area contributed by atoms with Gasteiger partial charge in [0.2, 0.25) is 0 Å². The molecule has 2 rings (SSSR count). The van der Waals surface area contributed by atoms with Crippen molar-refractivity contribution in [1.29, 1.82) is 0 Å². The van der Waals surface area contributed by atoms with E-state index in [0.29, 0.717) is 23.0 Å². The normalized spacial score (nSPS) is 12.1. The van der Waals surface area contributed by atoms with E-state index >= 15 is 0 Å². The Morgan fingerprint density at radius 1 is 1.20 bits per heavy atom. The number of hydrogen-bond donors (Lipinski definition) is 1. The van der Waals surface area contributed by atoms with Crippen LogP contribution >= 0.6 is 23.2 Å². The van der Waals surface area contributed by atoms with Gasteiger partial charge < -0.3 is 5.11 Å². The van der Waals surface area contributed by atoms with Crippen LogP contribution in [0.25, 0.3) is 0 Å².